The molecule has 2 aromatic carbocycles. The number of benzene rings is 2. The summed E-state index contributed by atoms with van der Waals surface area (Å²) in [6, 6.07) is 16.0. The molecule has 0 radical (unpaired) electrons. The summed E-state index contributed by atoms with van der Waals surface area (Å²) in [5.41, 5.74) is 2.57. The SMILES string of the molecule is C[C@@H]1Sc2ccc(C(=O)N3CCC[C@H]3c3ccccc3)cc2NC1=O. The normalized spacial score (nSPS) is 22.4. The van der Waals surface area contributed by atoms with Gasteiger partial charge in [-0.2, -0.15) is 0 Å². The Balaban J connectivity index is 1.61. The first-order valence-corrected chi connectivity index (χ1v) is 9.49. The molecule has 128 valence electrons. The van der Waals surface area contributed by atoms with Gasteiger partial charge in [0.2, 0.25) is 5.91 Å². The number of nitrogens with zero attached hydrogens (tertiary/aromatic N) is 1. The lowest BCUT2D eigenvalue weighted by molar-refractivity contribution is -0.115. The standard InChI is InChI=1S/C20H20N2O2S/c1-13-19(23)21-16-12-15(9-10-18(16)25-13)20(24)22-11-5-8-17(22)14-6-3-2-4-7-14/h2-4,6-7,9-10,12-13,17H,5,8,11H2,1H3,(H,21,23)/t13-,17-/m0/s1. The van der Waals surface area contributed by atoms with Gasteiger partial charge in [0, 0.05) is 17.0 Å². The number of fused-ring (bicyclic) bond motifs is 1. The molecule has 4 rings (SSSR count). The molecule has 0 spiro atoms. The monoisotopic (exact) mass is 352 g/mol. The van der Waals surface area contributed by atoms with Gasteiger partial charge in [-0.05, 0) is 43.5 Å². The Hall–Kier alpha value is -2.27. The Bertz CT molecular complexity index is 822. The molecule has 25 heavy (non-hydrogen) atoms. The second kappa shape index (κ2) is 6.56. The number of thioether (sulfide) groups is 1. The van der Waals surface area contributed by atoms with E-state index in [1.807, 2.05) is 48.2 Å². The Morgan fingerprint density at radius 2 is 2.00 bits per heavy atom. The molecule has 1 saturated heterocycles. The number of hydrogen-bond donors (Lipinski definition) is 1. The van der Waals surface area contributed by atoms with Crippen molar-refractivity contribution in [2.75, 3.05) is 11.9 Å². The van der Waals surface area contributed by atoms with Crippen LogP contribution in [0.25, 0.3) is 0 Å². The summed E-state index contributed by atoms with van der Waals surface area (Å²) < 4.78 is 0. The molecule has 2 aliphatic rings. The molecule has 1 N–H and O–H groups in total. The highest BCUT2D eigenvalue weighted by molar-refractivity contribution is 8.00. The predicted molar refractivity (Wildman–Crippen MR) is 99.8 cm³/mol. The van der Waals surface area contributed by atoms with Crippen molar-refractivity contribution >= 4 is 29.3 Å². The van der Waals surface area contributed by atoms with E-state index in [1.165, 1.54) is 17.3 Å². The number of carbonyl (C=O) groups excluding carboxylic acids is 2. The van der Waals surface area contributed by atoms with Crippen molar-refractivity contribution in [1.29, 1.82) is 0 Å². The number of nitrogens with one attached hydrogen (secondary N) is 1. The van der Waals surface area contributed by atoms with Gasteiger partial charge in [0.25, 0.3) is 5.91 Å². The third-order valence-corrected chi connectivity index (χ3v) is 6.03. The van der Waals surface area contributed by atoms with Crippen LogP contribution in [0.2, 0.25) is 0 Å². The topological polar surface area (TPSA) is 49.4 Å². The summed E-state index contributed by atoms with van der Waals surface area (Å²) in [5, 5.41) is 2.81. The van der Waals surface area contributed by atoms with Gasteiger partial charge in [-0.15, -0.1) is 11.8 Å². The smallest absolute Gasteiger partial charge is 0.254 e. The summed E-state index contributed by atoms with van der Waals surface area (Å²) in [4.78, 5) is 27.9. The zero-order valence-electron chi connectivity index (χ0n) is 14.1. The fourth-order valence-corrected chi connectivity index (χ4v) is 4.47. The number of anilines is 1. The third-order valence-electron chi connectivity index (χ3n) is 4.86. The second-order valence-electron chi connectivity index (χ2n) is 6.53. The van der Waals surface area contributed by atoms with E-state index >= 15 is 0 Å². The highest BCUT2D eigenvalue weighted by atomic mass is 32.2. The molecular weight excluding hydrogens is 332 g/mol. The first-order valence-electron chi connectivity index (χ1n) is 8.61. The fraction of sp³-hybridized carbons (Fsp3) is 0.300. The molecule has 0 aromatic heterocycles. The zero-order valence-corrected chi connectivity index (χ0v) is 14.9. The molecule has 2 aliphatic heterocycles. The Kier molecular flexibility index (Phi) is 4.25. The quantitative estimate of drug-likeness (QED) is 0.885. The lowest BCUT2D eigenvalue weighted by Gasteiger charge is -2.26. The van der Waals surface area contributed by atoms with Gasteiger partial charge in [-0.1, -0.05) is 30.3 Å². The minimum atomic E-state index is -0.102. The van der Waals surface area contributed by atoms with Crippen molar-refractivity contribution in [3.63, 3.8) is 0 Å². The first-order chi connectivity index (χ1) is 12.1. The molecule has 5 heteroatoms. The third kappa shape index (κ3) is 3.04. The van der Waals surface area contributed by atoms with E-state index in [4.69, 9.17) is 0 Å². The molecule has 0 saturated carbocycles. The van der Waals surface area contributed by atoms with Crippen molar-refractivity contribution in [2.24, 2.45) is 0 Å². The Morgan fingerprint density at radius 3 is 2.80 bits per heavy atom. The van der Waals surface area contributed by atoms with Crippen molar-refractivity contribution in [3.8, 4) is 0 Å². The summed E-state index contributed by atoms with van der Waals surface area (Å²) >= 11 is 1.53. The van der Waals surface area contributed by atoms with Gasteiger partial charge in [0.05, 0.1) is 17.0 Å². The van der Waals surface area contributed by atoms with E-state index in [1.54, 1.807) is 0 Å². The average molecular weight is 352 g/mol. The molecule has 4 nitrogen and oxygen atoms in total. The van der Waals surface area contributed by atoms with Crippen LogP contribution in [0.15, 0.2) is 53.4 Å². The van der Waals surface area contributed by atoms with Gasteiger partial charge in [-0.25, -0.2) is 0 Å². The fourth-order valence-electron chi connectivity index (χ4n) is 3.54. The van der Waals surface area contributed by atoms with Crippen molar-refractivity contribution in [2.45, 2.75) is 36.0 Å². The van der Waals surface area contributed by atoms with Gasteiger partial charge in [0.1, 0.15) is 0 Å². The first kappa shape index (κ1) is 16.2. The van der Waals surface area contributed by atoms with Crippen molar-refractivity contribution < 1.29 is 9.59 Å². The van der Waals surface area contributed by atoms with E-state index in [9.17, 15) is 9.59 Å². The lowest BCUT2D eigenvalue weighted by atomic mass is 10.0. The van der Waals surface area contributed by atoms with Gasteiger partial charge < -0.3 is 10.2 Å². The number of rotatable bonds is 2. The summed E-state index contributed by atoms with van der Waals surface area (Å²) in [7, 11) is 0. The van der Waals surface area contributed by atoms with E-state index in [0.29, 0.717) is 5.56 Å². The van der Waals surface area contributed by atoms with Crippen LogP contribution >= 0.6 is 11.8 Å². The van der Waals surface area contributed by atoms with Crippen molar-refractivity contribution in [3.05, 3.63) is 59.7 Å². The van der Waals surface area contributed by atoms with Crippen LogP contribution in [0.4, 0.5) is 5.69 Å². The number of likely N-dealkylation sites (tertiary alicyclic amines) is 1. The van der Waals surface area contributed by atoms with Gasteiger partial charge >= 0.3 is 0 Å². The Morgan fingerprint density at radius 1 is 1.20 bits per heavy atom. The average Bonchev–Trinajstić information content (AvgIpc) is 3.12. The molecular formula is C20H20N2O2S. The zero-order chi connectivity index (χ0) is 17.4. The summed E-state index contributed by atoms with van der Waals surface area (Å²) in [6.07, 6.45) is 2.01. The van der Waals surface area contributed by atoms with Crippen LogP contribution in [0.1, 0.15) is 41.7 Å². The summed E-state index contributed by atoms with van der Waals surface area (Å²) in [6.45, 7) is 2.66. The molecule has 0 bridgehead atoms. The highest BCUT2D eigenvalue weighted by Crippen LogP contribution is 2.37. The Labute approximate surface area is 151 Å². The van der Waals surface area contributed by atoms with Crippen LogP contribution in [-0.4, -0.2) is 28.5 Å². The maximum atomic E-state index is 13.1. The molecule has 0 aliphatic carbocycles. The van der Waals surface area contributed by atoms with Crippen LogP contribution in [0.5, 0.6) is 0 Å². The largest absolute Gasteiger partial charge is 0.332 e. The maximum Gasteiger partial charge on any atom is 0.254 e. The number of amides is 2. The van der Waals surface area contributed by atoms with Gasteiger partial charge in [0.15, 0.2) is 0 Å². The molecule has 0 unspecified atom stereocenters. The minimum absolute atomic E-state index is 0.00886. The van der Waals surface area contributed by atoms with E-state index in [0.717, 1.165) is 30.0 Å². The van der Waals surface area contributed by atoms with E-state index in [-0.39, 0.29) is 23.1 Å². The van der Waals surface area contributed by atoms with Crippen LogP contribution in [0, 0.1) is 0 Å². The van der Waals surface area contributed by atoms with Crippen LogP contribution in [0.3, 0.4) is 0 Å². The predicted octanol–water partition coefficient (Wildman–Crippen LogP) is 4.10. The summed E-state index contributed by atoms with van der Waals surface area (Å²) in [5.74, 6) is 0.0254. The lowest BCUT2D eigenvalue weighted by Crippen LogP contribution is -2.31. The van der Waals surface area contributed by atoms with Crippen LogP contribution in [-0.2, 0) is 4.79 Å². The highest BCUT2D eigenvalue weighted by Gasteiger charge is 2.31. The molecule has 2 amide bonds. The molecule has 2 atom stereocenters. The number of hydrogen-bond acceptors (Lipinski definition) is 3. The van der Waals surface area contributed by atoms with E-state index in [2.05, 4.69) is 17.4 Å². The van der Waals surface area contributed by atoms with Crippen molar-refractivity contribution in [1.82, 2.24) is 4.90 Å². The molecule has 2 heterocycles. The maximum absolute atomic E-state index is 13.1. The van der Waals surface area contributed by atoms with Gasteiger partial charge in [-0.3, -0.25) is 9.59 Å². The molecule has 2 aromatic rings. The minimum Gasteiger partial charge on any atom is -0.332 e. The molecule has 1 fully saturated rings. The number of carbonyl (C=O) groups is 2. The van der Waals surface area contributed by atoms with E-state index < -0.39 is 0 Å². The van der Waals surface area contributed by atoms with Crippen LogP contribution < -0.4 is 5.32 Å². The second-order valence-corrected chi connectivity index (χ2v) is 7.91.